The van der Waals surface area contributed by atoms with Gasteiger partial charge in [-0.05, 0) is 31.4 Å². The molecule has 1 aliphatic rings. The maximum Gasteiger partial charge on any atom is 0.235 e. The Hall–Kier alpha value is -1.58. The molecule has 1 N–H and O–H groups in total. The van der Waals surface area contributed by atoms with Crippen molar-refractivity contribution in [3.05, 3.63) is 29.3 Å². The van der Waals surface area contributed by atoms with Crippen LogP contribution in [0.3, 0.4) is 0 Å². The molecule has 0 aliphatic carbocycles. The number of nitrogens with zero attached hydrogens (tertiary/aromatic N) is 1. The summed E-state index contributed by atoms with van der Waals surface area (Å²) in [5.41, 5.74) is 1.44. The molecule has 2 rings (SSSR count). The Kier molecular flexibility index (Phi) is 4.08. The number of hydrogen-bond acceptors (Lipinski definition) is 4. The van der Waals surface area contributed by atoms with Crippen LogP contribution in [-0.4, -0.2) is 26.9 Å². The quantitative estimate of drug-likeness (QED) is 0.912. The van der Waals surface area contributed by atoms with Gasteiger partial charge in [-0.25, -0.2) is 8.42 Å². The summed E-state index contributed by atoms with van der Waals surface area (Å²) in [6.07, 6.45) is 1.42. The van der Waals surface area contributed by atoms with E-state index in [-0.39, 0.29) is 11.9 Å². The molecule has 0 saturated carbocycles. The number of benzene rings is 1. The van der Waals surface area contributed by atoms with Crippen LogP contribution in [0.2, 0.25) is 0 Å². The first kappa shape index (κ1) is 13.8. The lowest BCUT2D eigenvalue weighted by Crippen LogP contribution is -2.26. The van der Waals surface area contributed by atoms with Crippen LogP contribution in [0, 0.1) is 18.3 Å². The standard InChI is InChI=1S/C13H16N2O3S/c1-10-4-2-6-13(12(10)8-14)15-19(16,17)9-11-5-3-7-18-11/h2,4,6,11,15H,3,5,7,9H2,1H3. The van der Waals surface area contributed by atoms with E-state index < -0.39 is 10.0 Å². The van der Waals surface area contributed by atoms with Gasteiger partial charge in [-0.1, -0.05) is 12.1 Å². The zero-order valence-electron chi connectivity index (χ0n) is 10.7. The van der Waals surface area contributed by atoms with Crippen molar-refractivity contribution in [1.29, 1.82) is 5.26 Å². The molecule has 0 radical (unpaired) electrons. The molecule has 1 fully saturated rings. The minimum atomic E-state index is -3.49. The summed E-state index contributed by atoms with van der Waals surface area (Å²) in [6, 6.07) is 7.11. The number of hydrogen-bond donors (Lipinski definition) is 1. The Labute approximate surface area is 113 Å². The largest absolute Gasteiger partial charge is 0.377 e. The van der Waals surface area contributed by atoms with Gasteiger partial charge in [-0.3, -0.25) is 4.72 Å². The predicted molar refractivity (Wildman–Crippen MR) is 72.3 cm³/mol. The molecule has 5 nitrogen and oxygen atoms in total. The molecule has 1 aromatic carbocycles. The number of nitrogens with one attached hydrogen (secondary N) is 1. The molecule has 1 heterocycles. The van der Waals surface area contributed by atoms with Crippen LogP contribution in [0.5, 0.6) is 0 Å². The van der Waals surface area contributed by atoms with Crippen molar-refractivity contribution >= 4 is 15.7 Å². The molecule has 0 amide bonds. The number of aryl methyl sites for hydroxylation is 1. The molecule has 0 aromatic heterocycles. The lowest BCUT2D eigenvalue weighted by Gasteiger charge is -2.13. The summed E-state index contributed by atoms with van der Waals surface area (Å²) in [4.78, 5) is 0. The van der Waals surface area contributed by atoms with Crippen molar-refractivity contribution in [2.24, 2.45) is 0 Å². The summed E-state index contributed by atoms with van der Waals surface area (Å²) < 4.78 is 31.9. The molecular weight excluding hydrogens is 264 g/mol. The summed E-state index contributed by atoms with van der Waals surface area (Å²) in [7, 11) is -3.49. The number of rotatable bonds is 4. The van der Waals surface area contributed by atoms with E-state index >= 15 is 0 Å². The second-order valence-electron chi connectivity index (χ2n) is 4.63. The van der Waals surface area contributed by atoms with Crippen molar-refractivity contribution in [3.8, 4) is 6.07 Å². The van der Waals surface area contributed by atoms with Gasteiger partial charge in [0.05, 0.1) is 23.1 Å². The van der Waals surface area contributed by atoms with Crippen LogP contribution in [0.1, 0.15) is 24.0 Å². The van der Waals surface area contributed by atoms with Gasteiger partial charge in [0.1, 0.15) is 6.07 Å². The SMILES string of the molecule is Cc1cccc(NS(=O)(=O)CC2CCCO2)c1C#N. The van der Waals surface area contributed by atoms with Gasteiger partial charge >= 0.3 is 0 Å². The number of nitriles is 1. The van der Waals surface area contributed by atoms with Crippen molar-refractivity contribution in [2.45, 2.75) is 25.9 Å². The predicted octanol–water partition coefficient (Wildman–Crippen LogP) is 1.79. The second-order valence-corrected chi connectivity index (χ2v) is 6.39. The van der Waals surface area contributed by atoms with Crippen LogP contribution < -0.4 is 4.72 Å². The Morgan fingerprint density at radius 2 is 2.32 bits per heavy atom. The van der Waals surface area contributed by atoms with Crippen LogP contribution in [0.15, 0.2) is 18.2 Å². The van der Waals surface area contributed by atoms with E-state index in [0.717, 1.165) is 18.4 Å². The van der Waals surface area contributed by atoms with E-state index in [1.54, 1.807) is 25.1 Å². The normalized spacial score (nSPS) is 19.1. The van der Waals surface area contributed by atoms with Crippen LogP contribution in [-0.2, 0) is 14.8 Å². The van der Waals surface area contributed by atoms with Gasteiger partial charge in [0.15, 0.2) is 0 Å². The fraction of sp³-hybridized carbons (Fsp3) is 0.462. The highest BCUT2D eigenvalue weighted by Gasteiger charge is 2.24. The Bertz CT molecular complexity index is 599. The van der Waals surface area contributed by atoms with Gasteiger partial charge in [0.25, 0.3) is 0 Å². The Morgan fingerprint density at radius 1 is 1.53 bits per heavy atom. The second kappa shape index (κ2) is 5.59. The zero-order chi connectivity index (χ0) is 13.9. The average Bonchev–Trinajstić information content (AvgIpc) is 2.80. The van der Waals surface area contributed by atoms with Gasteiger partial charge < -0.3 is 4.74 Å². The van der Waals surface area contributed by atoms with E-state index in [4.69, 9.17) is 10.00 Å². The smallest absolute Gasteiger partial charge is 0.235 e. The molecule has 1 unspecified atom stereocenters. The molecule has 0 bridgehead atoms. The minimum Gasteiger partial charge on any atom is -0.377 e. The molecule has 6 heteroatoms. The molecule has 19 heavy (non-hydrogen) atoms. The van der Waals surface area contributed by atoms with E-state index in [1.165, 1.54) is 0 Å². The van der Waals surface area contributed by atoms with E-state index in [9.17, 15) is 8.42 Å². The third kappa shape index (κ3) is 3.46. The first-order chi connectivity index (χ1) is 9.02. The highest BCUT2D eigenvalue weighted by molar-refractivity contribution is 7.92. The molecular formula is C13H16N2O3S. The van der Waals surface area contributed by atoms with Gasteiger partial charge in [-0.2, -0.15) is 5.26 Å². The maximum atomic E-state index is 12.0. The maximum absolute atomic E-state index is 12.0. The van der Waals surface area contributed by atoms with Crippen LogP contribution in [0.25, 0.3) is 0 Å². The summed E-state index contributed by atoms with van der Waals surface area (Å²) in [5, 5.41) is 9.07. The molecule has 1 aliphatic heterocycles. The number of anilines is 1. The number of ether oxygens (including phenoxy) is 1. The minimum absolute atomic E-state index is 0.0637. The first-order valence-electron chi connectivity index (χ1n) is 6.13. The van der Waals surface area contributed by atoms with Crippen LogP contribution >= 0.6 is 0 Å². The highest BCUT2D eigenvalue weighted by Crippen LogP contribution is 2.21. The molecule has 102 valence electrons. The monoisotopic (exact) mass is 280 g/mol. The Morgan fingerprint density at radius 3 is 2.95 bits per heavy atom. The van der Waals surface area contributed by atoms with Gasteiger partial charge in [0.2, 0.25) is 10.0 Å². The lowest BCUT2D eigenvalue weighted by molar-refractivity contribution is 0.127. The molecule has 1 atom stereocenters. The van der Waals surface area contributed by atoms with E-state index in [0.29, 0.717) is 17.9 Å². The average molecular weight is 280 g/mol. The summed E-state index contributed by atoms with van der Waals surface area (Å²) >= 11 is 0. The first-order valence-corrected chi connectivity index (χ1v) is 7.79. The molecule has 1 aromatic rings. The highest BCUT2D eigenvalue weighted by atomic mass is 32.2. The fourth-order valence-electron chi connectivity index (χ4n) is 2.13. The number of sulfonamides is 1. The molecule has 0 spiro atoms. The molecule has 1 saturated heterocycles. The van der Waals surface area contributed by atoms with Crippen molar-refractivity contribution in [2.75, 3.05) is 17.1 Å². The summed E-state index contributed by atoms with van der Waals surface area (Å²) in [6.45, 7) is 2.39. The van der Waals surface area contributed by atoms with E-state index in [1.807, 2.05) is 6.07 Å². The third-order valence-corrected chi connectivity index (χ3v) is 4.42. The van der Waals surface area contributed by atoms with E-state index in [2.05, 4.69) is 4.72 Å². The van der Waals surface area contributed by atoms with Crippen LogP contribution in [0.4, 0.5) is 5.69 Å². The Balaban J connectivity index is 2.16. The van der Waals surface area contributed by atoms with Crippen molar-refractivity contribution < 1.29 is 13.2 Å². The topological polar surface area (TPSA) is 79.2 Å². The fourth-order valence-corrected chi connectivity index (χ4v) is 3.47. The van der Waals surface area contributed by atoms with Crippen molar-refractivity contribution in [1.82, 2.24) is 0 Å². The zero-order valence-corrected chi connectivity index (χ0v) is 11.5. The van der Waals surface area contributed by atoms with Crippen molar-refractivity contribution in [3.63, 3.8) is 0 Å². The van der Waals surface area contributed by atoms with Gasteiger partial charge in [0, 0.05) is 6.61 Å². The summed E-state index contributed by atoms with van der Waals surface area (Å²) in [5.74, 6) is -0.0637. The van der Waals surface area contributed by atoms with Gasteiger partial charge in [-0.15, -0.1) is 0 Å². The third-order valence-electron chi connectivity index (χ3n) is 3.08. The lowest BCUT2D eigenvalue weighted by atomic mass is 10.1.